The summed E-state index contributed by atoms with van der Waals surface area (Å²) in [6, 6.07) is 2.00. The lowest BCUT2D eigenvalue weighted by atomic mass is 9.83. The van der Waals surface area contributed by atoms with E-state index < -0.39 is 5.97 Å². The SMILES string of the molecule is C=C(/C=C\C/C=C\C)C1CC=C(c2csc(C=O)c2)CC1.CCCC[C@@H](CCC)C(=O)O.CNC. The Labute approximate surface area is 217 Å². The molecule has 1 aliphatic carbocycles. The number of carbonyl (C=O) groups is 2. The smallest absolute Gasteiger partial charge is 0.306 e. The van der Waals surface area contributed by atoms with E-state index in [0.29, 0.717) is 5.92 Å². The Morgan fingerprint density at radius 3 is 2.46 bits per heavy atom. The molecule has 0 aromatic carbocycles. The maximum atomic E-state index is 10.8. The molecule has 0 amide bonds. The number of carboxylic acid groups (broad SMARTS) is 1. The molecule has 1 heterocycles. The average Bonchev–Trinajstić information content (AvgIpc) is 3.34. The van der Waals surface area contributed by atoms with Crippen molar-refractivity contribution >= 4 is 29.2 Å². The van der Waals surface area contributed by atoms with Gasteiger partial charge in [0.25, 0.3) is 0 Å². The van der Waals surface area contributed by atoms with Gasteiger partial charge >= 0.3 is 5.97 Å². The van der Waals surface area contributed by atoms with E-state index in [2.05, 4.69) is 54.6 Å². The van der Waals surface area contributed by atoms with Gasteiger partial charge < -0.3 is 10.4 Å². The lowest BCUT2D eigenvalue weighted by Gasteiger charge is -2.22. The van der Waals surface area contributed by atoms with Gasteiger partial charge in [0.05, 0.1) is 10.8 Å². The van der Waals surface area contributed by atoms with E-state index in [1.165, 1.54) is 28.0 Å². The van der Waals surface area contributed by atoms with Gasteiger partial charge in [-0.2, -0.15) is 0 Å². The number of hydrogen-bond acceptors (Lipinski definition) is 4. The molecule has 0 bridgehead atoms. The molecule has 0 saturated heterocycles. The summed E-state index contributed by atoms with van der Waals surface area (Å²) >= 11 is 1.52. The molecule has 4 nitrogen and oxygen atoms in total. The largest absolute Gasteiger partial charge is 0.481 e. The van der Waals surface area contributed by atoms with Crippen LogP contribution in [0.25, 0.3) is 5.57 Å². The second-order valence-corrected chi connectivity index (χ2v) is 9.75. The van der Waals surface area contributed by atoms with E-state index in [-0.39, 0.29) is 5.92 Å². The average molecular weight is 502 g/mol. The highest BCUT2D eigenvalue weighted by atomic mass is 32.1. The molecule has 1 unspecified atom stereocenters. The highest BCUT2D eigenvalue weighted by Gasteiger charge is 2.17. The van der Waals surface area contributed by atoms with E-state index in [1.807, 2.05) is 34.0 Å². The number of allylic oxidation sites excluding steroid dienone is 7. The monoisotopic (exact) mass is 501 g/mol. The summed E-state index contributed by atoms with van der Waals surface area (Å²) in [5, 5.41) is 13.6. The van der Waals surface area contributed by atoms with Gasteiger partial charge in [-0.15, -0.1) is 11.3 Å². The second-order valence-electron chi connectivity index (χ2n) is 8.80. The number of carbonyl (C=O) groups excluding carboxylic acids is 1. The third-order valence-corrected chi connectivity index (χ3v) is 6.63. The minimum atomic E-state index is -0.625. The van der Waals surface area contributed by atoms with Crippen molar-refractivity contribution in [2.45, 2.75) is 78.6 Å². The number of aliphatic carboxylic acids is 1. The first kappa shape index (κ1) is 32.8. The summed E-state index contributed by atoms with van der Waals surface area (Å²) in [5.41, 5.74) is 3.82. The highest BCUT2D eigenvalue weighted by molar-refractivity contribution is 7.11. The number of unbranched alkanes of at least 4 members (excludes halogenated alkanes) is 1. The third-order valence-electron chi connectivity index (χ3n) is 5.77. The lowest BCUT2D eigenvalue weighted by Crippen LogP contribution is -2.12. The zero-order valence-corrected chi connectivity index (χ0v) is 23.3. The van der Waals surface area contributed by atoms with Crippen LogP contribution in [0, 0.1) is 11.8 Å². The van der Waals surface area contributed by atoms with Gasteiger partial charge in [-0.05, 0) is 88.0 Å². The Morgan fingerprint density at radius 1 is 1.26 bits per heavy atom. The van der Waals surface area contributed by atoms with Crippen LogP contribution in [-0.2, 0) is 4.79 Å². The van der Waals surface area contributed by atoms with Crippen LogP contribution in [0.1, 0.15) is 93.8 Å². The first-order chi connectivity index (χ1) is 16.9. The van der Waals surface area contributed by atoms with Crippen molar-refractivity contribution in [3.8, 4) is 0 Å². The fourth-order valence-electron chi connectivity index (χ4n) is 3.78. The maximum absolute atomic E-state index is 10.8. The van der Waals surface area contributed by atoms with Crippen LogP contribution in [0.15, 0.2) is 54.0 Å². The molecule has 0 fully saturated rings. The Kier molecular flexibility index (Phi) is 19.7. The summed E-state index contributed by atoms with van der Waals surface area (Å²) in [7, 11) is 3.75. The number of nitrogens with one attached hydrogen (secondary N) is 1. The third kappa shape index (κ3) is 14.7. The minimum Gasteiger partial charge on any atom is -0.481 e. The number of carboxylic acids is 1. The molecule has 2 atom stereocenters. The molecular formula is C30H47NO3S. The molecule has 0 aliphatic heterocycles. The first-order valence-electron chi connectivity index (χ1n) is 12.9. The van der Waals surface area contributed by atoms with E-state index in [9.17, 15) is 9.59 Å². The number of hydrogen-bond donors (Lipinski definition) is 2. The van der Waals surface area contributed by atoms with E-state index in [0.717, 1.165) is 69.0 Å². The van der Waals surface area contributed by atoms with Crippen LogP contribution in [-0.4, -0.2) is 31.5 Å². The van der Waals surface area contributed by atoms with Crippen molar-refractivity contribution in [2.75, 3.05) is 14.1 Å². The zero-order chi connectivity index (χ0) is 26.5. The molecule has 5 heteroatoms. The van der Waals surface area contributed by atoms with E-state index in [1.54, 1.807) is 0 Å². The summed E-state index contributed by atoms with van der Waals surface area (Å²) in [6.07, 6.45) is 20.8. The Balaban J connectivity index is 0.000000697. The highest BCUT2D eigenvalue weighted by Crippen LogP contribution is 2.35. The summed E-state index contributed by atoms with van der Waals surface area (Å²) in [5.74, 6) is -0.167. The normalized spacial score (nSPS) is 16.0. The van der Waals surface area contributed by atoms with Gasteiger partial charge in [0.15, 0.2) is 6.29 Å². The van der Waals surface area contributed by atoms with Gasteiger partial charge in [-0.25, -0.2) is 0 Å². The van der Waals surface area contributed by atoms with Crippen LogP contribution < -0.4 is 5.32 Å². The molecule has 1 aromatic rings. The second kappa shape index (κ2) is 21.1. The molecule has 196 valence electrons. The predicted octanol–water partition coefficient (Wildman–Crippen LogP) is 8.34. The van der Waals surface area contributed by atoms with Gasteiger partial charge in [0.1, 0.15) is 0 Å². The first-order valence-corrected chi connectivity index (χ1v) is 13.8. The molecule has 2 N–H and O–H groups in total. The van der Waals surface area contributed by atoms with E-state index in [4.69, 9.17) is 5.11 Å². The minimum absolute atomic E-state index is 0.0973. The molecule has 1 aromatic heterocycles. The predicted molar refractivity (Wildman–Crippen MR) is 153 cm³/mol. The topological polar surface area (TPSA) is 66.4 Å². The standard InChI is InChI=1S/C19H22OS.C9H18O2.C2H7N/c1-3-4-5-6-7-15(2)16-8-10-17(11-9-16)18-12-19(13-20)21-14-18;1-3-5-7-8(6-4-2)9(10)11;1-3-2/h3-4,6-7,10,12-14,16H,2,5,8-9,11H2,1H3;8H,3-7H2,1-2H3,(H,10,11);3H,1-2H3/b4-3-,7-6-;;/t;8-;/m.1./s1. The van der Waals surface area contributed by atoms with Gasteiger partial charge in [-0.3, -0.25) is 9.59 Å². The van der Waals surface area contributed by atoms with Crippen molar-refractivity contribution in [1.82, 2.24) is 5.32 Å². The molecule has 1 aliphatic rings. The number of thiophene rings is 1. The Bertz CT molecular complexity index is 819. The van der Waals surface area contributed by atoms with Crippen LogP contribution in [0.2, 0.25) is 0 Å². The van der Waals surface area contributed by atoms with Crippen molar-refractivity contribution < 1.29 is 14.7 Å². The van der Waals surface area contributed by atoms with Crippen LogP contribution in [0.3, 0.4) is 0 Å². The molecule has 0 saturated carbocycles. The molecule has 2 rings (SSSR count). The lowest BCUT2D eigenvalue weighted by molar-refractivity contribution is -0.142. The Morgan fingerprint density at radius 2 is 1.97 bits per heavy atom. The summed E-state index contributed by atoms with van der Waals surface area (Å²) < 4.78 is 0. The number of aldehydes is 1. The fourth-order valence-corrected chi connectivity index (χ4v) is 4.51. The van der Waals surface area contributed by atoms with Crippen molar-refractivity contribution in [3.05, 3.63) is 64.4 Å². The van der Waals surface area contributed by atoms with Gasteiger partial charge in [-0.1, -0.05) is 75.6 Å². The van der Waals surface area contributed by atoms with Gasteiger partial charge in [0.2, 0.25) is 0 Å². The summed E-state index contributed by atoms with van der Waals surface area (Å²) in [6.45, 7) is 10.4. The molecule has 0 spiro atoms. The van der Waals surface area contributed by atoms with Crippen LogP contribution in [0.5, 0.6) is 0 Å². The number of rotatable bonds is 12. The van der Waals surface area contributed by atoms with Crippen molar-refractivity contribution in [3.63, 3.8) is 0 Å². The van der Waals surface area contributed by atoms with Crippen LogP contribution in [0.4, 0.5) is 0 Å². The zero-order valence-electron chi connectivity index (χ0n) is 22.5. The maximum Gasteiger partial charge on any atom is 0.306 e. The van der Waals surface area contributed by atoms with Crippen LogP contribution >= 0.6 is 11.3 Å². The van der Waals surface area contributed by atoms with Crippen molar-refractivity contribution in [2.24, 2.45) is 11.8 Å². The quantitative estimate of drug-likeness (QED) is 0.172. The molecule has 35 heavy (non-hydrogen) atoms. The summed E-state index contributed by atoms with van der Waals surface area (Å²) in [4.78, 5) is 22.2. The van der Waals surface area contributed by atoms with Gasteiger partial charge in [0, 0.05) is 0 Å². The molecule has 0 radical (unpaired) electrons. The fraction of sp³-hybridized carbons (Fsp3) is 0.533. The molecular weight excluding hydrogens is 454 g/mol. The Hall–Kier alpha value is -2.24. The van der Waals surface area contributed by atoms with E-state index >= 15 is 0 Å². The van der Waals surface area contributed by atoms with Crippen molar-refractivity contribution in [1.29, 1.82) is 0 Å².